The molecular formula is C40H32N3OPtS2-3. The van der Waals surface area contributed by atoms with E-state index in [4.69, 9.17) is 9.72 Å². The zero-order valence-corrected chi connectivity index (χ0v) is 30.6. The summed E-state index contributed by atoms with van der Waals surface area (Å²) in [6.07, 6.45) is 1.93. The first-order chi connectivity index (χ1) is 22.2. The third-order valence-electron chi connectivity index (χ3n) is 8.72. The molecule has 0 bridgehead atoms. The molecule has 0 atom stereocenters. The van der Waals surface area contributed by atoms with Gasteiger partial charge in [0.2, 0.25) is 0 Å². The average Bonchev–Trinajstić information content (AvgIpc) is 3.76. The number of aromatic nitrogens is 1. The first-order valence-corrected chi connectivity index (χ1v) is 17.1. The Labute approximate surface area is 298 Å². The van der Waals surface area contributed by atoms with Crippen molar-refractivity contribution in [3.63, 3.8) is 0 Å². The topological polar surface area (TPSA) is 28.6 Å². The molecule has 47 heavy (non-hydrogen) atoms. The number of anilines is 2. The molecule has 7 aromatic rings. The zero-order chi connectivity index (χ0) is 31.6. The predicted molar refractivity (Wildman–Crippen MR) is 195 cm³/mol. The Morgan fingerprint density at radius 1 is 0.809 bits per heavy atom. The monoisotopic (exact) mass is 829 g/mol. The molecule has 1 aliphatic rings. The first-order valence-electron chi connectivity index (χ1n) is 15.4. The number of hydrogen-bond donors (Lipinski definition) is 0. The van der Waals surface area contributed by atoms with Crippen LogP contribution in [0.4, 0.5) is 11.4 Å². The second kappa shape index (κ2) is 12.2. The van der Waals surface area contributed by atoms with Crippen molar-refractivity contribution in [2.45, 2.75) is 40.0 Å². The van der Waals surface area contributed by atoms with E-state index >= 15 is 0 Å². The van der Waals surface area contributed by atoms with Crippen molar-refractivity contribution in [2.24, 2.45) is 0 Å². The number of nitrogens with zero attached hydrogens (tertiary/aromatic N) is 3. The molecule has 1 aliphatic heterocycles. The van der Waals surface area contributed by atoms with E-state index in [1.54, 1.807) is 22.7 Å². The number of rotatable bonds is 5. The summed E-state index contributed by atoms with van der Waals surface area (Å²) in [7, 11) is 0. The molecule has 8 rings (SSSR count). The third-order valence-corrected chi connectivity index (χ3v) is 10.5. The largest absolute Gasteiger partial charge is 0.497 e. The van der Waals surface area contributed by atoms with Crippen LogP contribution in [-0.4, -0.2) is 4.98 Å². The quantitative estimate of drug-likeness (QED) is 0.162. The van der Waals surface area contributed by atoms with Crippen LogP contribution in [0.2, 0.25) is 0 Å². The van der Waals surface area contributed by atoms with E-state index in [1.807, 2.05) is 24.4 Å². The van der Waals surface area contributed by atoms with Crippen molar-refractivity contribution in [2.75, 3.05) is 9.80 Å². The molecule has 0 amide bonds. The van der Waals surface area contributed by atoms with E-state index in [1.165, 1.54) is 32.1 Å². The van der Waals surface area contributed by atoms with Crippen LogP contribution < -0.4 is 14.5 Å². The van der Waals surface area contributed by atoms with Crippen LogP contribution >= 0.6 is 22.7 Å². The molecule has 0 fully saturated rings. The zero-order valence-electron chi connectivity index (χ0n) is 26.7. The Morgan fingerprint density at radius 2 is 1.60 bits per heavy atom. The van der Waals surface area contributed by atoms with Gasteiger partial charge in [-0.15, -0.1) is 48.0 Å². The number of para-hydroxylation sites is 1. The minimum absolute atomic E-state index is 0. The standard InChI is InChI=1S/C40H32N3OS2.Pt/c1-25-26(2)43(24-42(25)30-10-7-6-8-11-30)31-12-9-13-32(22-31)44-38-23-34-37(46-38)20-28-19-36-27(15-17-45-36)18-33(28)39(34)35-21-29(14-16-41-35)40(3,4)5;/h6-21,24H,1-5H3;/q-3;. The van der Waals surface area contributed by atoms with Gasteiger partial charge in [-0.3, -0.25) is 4.98 Å². The summed E-state index contributed by atoms with van der Waals surface area (Å²) in [5, 5.41) is 7.50. The summed E-state index contributed by atoms with van der Waals surface area (Å²) >= 11 is 3.38. The Kier molecular flexibility index (Phi) is 8.24. The fourth-order valence-corrected chi connectivity index (χ4v) is 7.82. The SMILES string of the molecule is CC1=C(C)N(c2ccccc2)[CH-]N1c1[c-]c(Oc2[c-]c3c(-c4cc(C(C)(C)C)ccn4)c4cc5ccsc5cc4cc3s2)ccc1.[Pt]. The van der Waals surface area contributed by atoms with Crippen LogP contribution in [-0.2, 0) is 26.5 Å². The van der Waals surface area contributed by atoms with Crippen LogP contribution in [0.25, 0.3) is 42.2 Å². The maximum Gasteiger partial charge on any atom is 0.107 e. The van der Waals surface area contributed by atoms with Gasteiger partial charge in [0.15, 0.2) is 0 Å². The number of hydrogen-bond acceptors (Lipinski definition) is 6. The van der Waals surface area contributed by atoms with Gasteiger partial charge in [0.05, 0.1) is 0 Å². The number of ether oxygens (including phenoxy) is 1. The van der Waals surface area contributed by atoms with Crippen molar-refractivity contribution in [1.29, 1.82) is 0 Å². The second-order valence-corrected chi connectivity index (χ2v) is 14.7. The van der Waals surface area contributed by atoms with E-state index in [2.05, 4.69) is 135 Å². The van der Waals surface area contributed by atoms with E-state index in [0.29, 0.717) is 10.8 Å². The van der Waals surface area contributed by atoms with E-state index in [-0.39, 0.29) is 26.5 Å². The smallest absolute Gasteiger partial charge is 0.107 e. The van der Waals surface area contributed by atoms with Crippen molar-refractivity contribution in [1.82, 2.24) is 4.98 Å². The summed E-state index contributed by atoms with van der Waals surface area (Å²) in [6.45, 7) is 13.1. The molecule has 3 aromatic heterocycles. The summed E-state index contributed by atoms with van der Waals surface area (Å²) in [5.74, 6) is 0.650. The van der Waals surface area contributed by atoms with Crippen LogP contribution in [0.15, 0.2) is 108 Å². The minimum atomic E-state index is 0. The van der Waals surface area contributed by atoms with Gasteiger partial charge in [-0.05, 0) is 77.4 Å². The van der Waals surface area contributed by atoms with E-state index < -0.39 is 0 Å². The van der Waals surface area contributed by atoms with Crippen LogP contribution in [0.1, 0.15) is 40.2 Å². The molecule has 0 saturated heterocycles. The van der Waals surface area contributed by atoms with Gasteiger partial charge in [0, 0.05) is 60.5 Å². The Balaban J connectivity index is 0.00000351. The summed E-state index contributed by atoms with van der Waals surface area (Å²) in [6, 6.07) is 37.0. The molecule has 0 saturated carbocycles. The summed E-state index contributed by atoms with van der Waals surface area (Å²) in [5.41, 5.74) is 7.67. The molecule has 0 radical (unpaired) electrons. The van der Waals surface area contributed by atoms with Crippen LogP contribution in [0.5, 0.6) is 10.8 Å². The van der Waals surface area contributed by atoms with Gasteiger partial charge in [0.1, 0.15) is 5.06 Å². The van der Waals surface area contributed by atoms with Crippen molar-refractivity contribution >= 4 is 65.0 Å². The number of allylic oxidation sites excluding steroid dienone is 2. The molecule has 0 aliphatic carbocycles. The van der Waals surface area contributed by atoms with Gasteiger partial charge in [-0.1, -0.05) is 66.8 Å². The van der Waals surface area contributed by atoms with Crippen LogP contribution in [0.3, 0.4) is 0 Å². The number of pyridine rings is 1. The van der Waals surface area contributed by atoms with Gasteiger partial charge in [-0.25, -0.2) is 0 Å². The molecule has 238 valence electrons. The summed E-state index contributed by atoms with van der Waals surface area (Å²) < 4.78 is 8.91. The van der Waals surface area contributed by atoms with Crippen molar-refractivity contribution in [3.05, 3.63) is 132 Å². The van der Waals surface area contributed by atoms with Crippen LogP contribution in [0, 0.1) is 18.8 Å². The van der Waals surface area contributed by atoms with E-state index in [9.17, 15) is 0 Å². The summed E-state index contributed by atoms with van der Waals surface area (Å²) in [4.78, 5) is 9.27. The molecule has 7 heteroatoms. The molecule has 0 spiro atoms. The normalized spacial score (nSPS) is 13.6. The molecule has 0 unspecified atom stereocenters. The Morgan fingerprint density at radius 3 is 2.40 bits per heavy atom. The molecule has 4 aromatic carbocycles. The number of fused-ring (bicyclic) bond motifs is 3. The minimum Gasteiger partial charge on any atom is -0.497 e. The maximum atomic E-state index is 6.51. The first kappa shape index (κ1) is 31.6. The van der Waals surface area contributed by atoms with E-state index in [0.717, 1.165) is 38.4 Å². The second-order valence-electron chi connectivity index (χ2n) is 12.7. The number of benzene rings is 4. The maximum absolute atomic E-state index is 6.51. The Hall–Kier alpha value is -3.96. The van der Waals surface area contributed by atoms with Crippen molar-refractivity contribution in [3.8, 4) is 22.1 Å². The Bertz CT molecular complexity index is 2300. The average molecular weight is 830 g/mol. The molecule has 4 nitrogen and oxygen atoms in total. The predicted octanol–water partition coefficient (Wildman–Crippen LogP) is 11.7. The van der Waals surface area contributed by atoms with Gasteiger partial charge in [-0.2, -0.15) is 22.8 Å². The fourth-order valence-electron chi connectivity index (χ4n) is 6.08. The third kappa shape index (κ3) is 5.77. The molecule has 4 heterocycles. The number of thiophene rings is 2. The van der Waals surface area contributed by atoms with Gasteiger partial charge in [0.25, 0.3) is 0 Å². The molecule has 0 N–H and O–H groups in total. The van der Waals surface area contributed by atoms with Crippen molar-refractivity contribution < 1.29 is 25.8 Å². The molecular weight excluding hydrogens is 798 g/mol. The fraction of sp³-hybridized carbons (Fsp3) is 0.150. The van der Waals surface area contributed by atoms with Gasteiger partial charge < -0.3 is 14.5 Å². The van der Waals surface area contributed by atoms with Gasteiger partial charge >= 0.3 is 0 Å².